The lowest BCUT2D eigenvalue weighted by Gasteiger charge is -2.36. The lowest BCUT2D eigenvalue weighted by molar-refractivity contribution is -0.138. The van der Waals surface area contributed by atoms with Gasteiger partial charge in [0.25, 0.3) is 0 Å². The lowest BCUT2D eigenvalue weighted by Crippen LogP contribution is -2.53. The molecule has 2 atom stereocenters. The highest BCUT2D eigenvalue weighted by atomic mass is 35.5. The molecule has 2 rings (SSSR count). The van der Waals surface area contributed by atoms with Crippen LogP contribution >= 0.6 is 11.6 Å². The van der Waals surface area contributed by atoms with Crippen molar-refractivity contribution in [3.8, 4) is 0 Å². The highest BCUT2D eigenvalue weighted by molar-refractivity contribution is 6.30. The van der Waals surface area contributed by atoms with Gasteiger partial charge in [-0.3, -0.25) is 9.59 Å². The van der Waals surface area contributed by atoms with Crippen molar-refractivity contribution in [2.45, 2.75) is 71.8 Å². The number of halogens is 1. The summed E-state index contributed by atoms with van der Waals surface area (Å²) in [6.07, 6.45) is 4.09. The number of piperidine rings is 1. The first-order valence-corrected chi connectivity index (χ1v) is 11.0. The molecule has 1 N–H and O–H groups in total. The largest absolute Gasteiger partial charge is 0.344 e. The zero-order valence-electron chi connectivity index (χ0n) is 17.7. The molecule has 1 heterocycles. The quantitative estimate of drug-likeness (QED) is 0.659. The van der Waals surface area contributed by atoms with Crippen LogP contribution in [0.2, 0.25) is 5.02 Å². The highest BCUT2D eigenvalue weighted by Crippen LogP contribution is 2.29. The van der Waals surface area contributed by atoms with Crippen LogP contribution in [0.1, 0.15) is 71.3 Å². The van der Waals surface area contributed by atoms with Gasteiger partial charge < -0.3 is 10.2 Å². The third-order valence-electron chi connectivity index (χ3n) is 5.89. The Morgan fingerprint density at radius 1 is 1.14 bits per heavy atom. The van der Waals surface area contributed by atoms with Gasteiger partial charge in [-0.05, 0) is 54.7 Å². The number of hydrogen-bond donors (Lipinski definition) is 1. The Labute approximate surface area is 175 Å². The highest BCUT2D eigenvalue weighted by Gasteiger charge is 2.32. The molecule has 5 heteroatoms. The van der Waals surface area contributed by atoms with Crippen molar-refractivity contribution < 1.29 is 9.59 Å². The Hall–Kier alpha value is -1.55. The molecule has 0 aromatic heterocycles. The van der Waals surface area contributed by atoms with E-state index in [0.29, 0.717) is 18.3 Å². The normalized spacial score (nSPS) is 17.4. The number of likely N-dealkylation sites (tertiary alicyclic amines) is 1. The molecule has 1 aliphatic rings. The molecule has 156 valence electrons. The lowest BCUT2D eigenvalue weighted by atomic mass is 9.88. The zero-order valence-corrected chi connectivity index (χ0v) is 18.5. The van der Waals surface area contributed by atoms with Crippen LogP contribution in [0.15, 0.2) is 24.3 Å². The minimum atomic E-state index is -0.420. The van der Waals surface area contributed by atoms with Crippen LogP contribution in [0.5, 0.6) is 0 Å². The maximum Gasteiger partial charge on any atom is 0.245 e. The molecule has 28 heavy (non-hydrogen) atoms. The van der Waals surface area contributed by atoms with E-state index in [2.05, 4.69) is 38.2 Å². The Balaban J connectivity index is 1.95. The number of rotatable bonds is 8. The number of hydrogen-bond acceptors (Lipinski definition) is 2. The first kappa shape index (κ1) is 22.7. The summed E-state index contributed by atoms with van der Waals surface area (Å²) >= 11 is 5.99. The predicted octanol–water partition coefficient (Wildman–Crippen LogP) is 5.01. The van der Waals surface area contributed by atoms with Crippen molar-refractivity contribution in [3.05, 3.63) is 34.9 Å². The first-order valence-electron chi connectivity index (χ1n) is 10.6. The smallest absolute Gasteiger partial charge is 0.245 e. The van der Waals surface area contributed by atoms with E-state index in [1.807, 2.05) is 24.0 Å². The first-order chi connectivity index (χ1) is 13.3. The molecule has 0 spiro atoms. The third kappa shape index (κ3) is 6.51. The maximum absolute atomic E-state index is 13.2. The molecule has 0 radical (unpaired) electrons. The van der Waals surface area contributed by atoms with Gasteiger partial charge in [-0.1, -0.05) is 57.8 Å². The van der Waals surface area contributed by atoms with Gasteiger partial charge in [0.05, 0.1) is 0 Å². The van der Waals surface area contributed by atoms with Gasteiger partial charge in [0, 0.05) is 24.5 Å². The van der Waals surface area contributed by atoms with Crippen molar-refractivity contribution in [2.75, 3.05) is 13.1 Å². The summed E-state index contributed by atoms with van der Waals surface area (Å²) in [5.41, 5.74) is 1.29. The molecule has 4 nitrogen and oxygen atoms in total. The zero-order chi connectivity index (χ0) is 20.7. The number of nitrogens with zero attached hydrogens (tertiary/aromatic N) is 1. The Bertz CT molecular complexity index is 637. The predicted molar refractivity (Wildman–Crippen MR) is 115 cm³/mol. The van der Waals surface area contributed by atoms with E-state index < -0.39 is 6.04 Å². The second-order valence-corrected chi connectivity index (χ2v) is 8.95. The van der Waals surface area contributed by atoms with Crippen LogP contribution in [-0.2, 0) is 9.59 Å². The molecule has 2 unspecified atom stereocenters. The second-order valence-electron chi connectivity index (χ2n) is 8.51. The molecule has 1 aromatic rings. The minimum absolute atomic E-state index is 0.0107. The molecule has 1 saturated heterocycles. The number of carbonyl (C=O) groups is 2. The fourth-order valence-corrected chi connectivity index (χ4v) is 3.84. The summed E-state index contributed by atoms with van der Waals surface area (Å²) in [4.78, 5) is 27.4. The average Bonchev–Trinajstić information content (AvgIpc) is 2.70. The van der Waals surface area contributed by atoms with Gasteiger partial charge in [-0.15, -0.1) is 0 Å². The van der Waals surface area contributed by atoms with Gasteiger partial charge in [0.1, 0.15) is 6.04 Å². The van der Waals surface area contributed by atoms with Crippen LogP contribution in [0.25, 0.3) is 0 Å². The molecule has 2 amide bonds. The van der Waals surface area contributed by atoms with Gasteiger partial charge in [-0.2, -0.15) is 0 Å². The van der Waals surface area contributed by atoms with Crippen LogP contribution in [0, 0.1) is 11.8 Å². The molecule has 0 aliphatic carbocycles. The summed E-state index contributed by atoms with van der Waals surface area (Å²) < 4.78 is 0. The molecular formula is C23H35ClN2O2. The summed E-state index contributed by atoms with van der Waals surface area (Å²) in [5, 5.41) is 3.78. The van der Waals surface area contributed by atoms with Crippen LogP contribution in [0.4, 0.5) is 0 Å². The SMILES string of the molecule is CCC(C)C(NC(=O)CCC(C)C)C(=O)N1CCC(c2ccc(Cl)cc2)CC1. The molecular weight excluding hydrogens is 372 g/mol. The van der Waals surface area contributed by atoms with Gasteiger partial charge in [0.15, 0.2) is 0 Å². The molecule has 0 bridgehead atoms. The van der Waals surface area contributed by atoms with Crippen molar-refractivity contribution in [1.29, 1.82) is 0 Å². The molecule has 1 aromatic carbocycles. The fourth-order valence-electron chi connectivity index (χ4n) is 3.71. The third-order valence-corrected chi connectivity index (χ3v) is 6.14. The number of nitrogens with one attached hydrogen (secondary N) is 1. The number of carbonyl (C=O) groups excluding carboxylic acids is 2. The van der Waals surface area contributed by atoms with Crippen LogP contribution in [-0.4, -0.2) is 35.8 Å². The summed E-state index contributed by atoms with van der Waals surface area (Å²) in [5.74, 6) is 1.13. The molecule has 1 fully saturated rings. The summed E-state index contributed by atoms with van der Waals surface area (Å²) in [7, 11) is 0. The van der Waals surface area contributed by atoms with E-state index >= 15 is 0 Å². The van der Waals surface area contributed by atoms with E-state index in [1.165, 1.54) is 5.56 Å². The van der Waals surface area contributed by atoms with E-state index in [4.69, 9.17) is 11.6 Å². The van der Waals surface area contributed by atoms with Crippen molar-refractivity contribution in [2.24, 2.45) is 11.8 Å². The van der Waals surface area contributed by atoms with E-state index in [0.717, 1.165) is 43.8 Å². The van der Waals surface area contributed by atoms with Gasteiger partial charge >= 0.3 is 0 Å². The van der Waals surface area contributed by atoms with Crippen LogP contribution in [0.3, 0.4) is 0 Å². The Morgan fingerprint density at radius 3 is 2.29 bits per heavy atom. The van der Waals surface area contributed by atoms with Crippen molar-refractivity contribution in [1.82, 2.24) is 10.2 Å². The molecule has 0 saturated carbocycles. The second kappa shape index (κ2) is 10.8. The monoisotopic (exact) mass is 406 g/mol. The maximum atomic E-state index is 13.2. The number of amides is 2. The average molecular weight is 407 g/mol. The van der Waals surface area contributed by atoms with Crippen molar-refractivity contribution in [3.63, 3.8) is 0 Å². The van der Waals surface area contributed by atoms with E-state index in [-0.39, 0.29) is 17.7 Å². The van der Waals surface area contributed by atoms with Crippen molar-refractivity contribution >= 4 is 23.4 Å². The summed E-state index contributed by atoms with van der Waals surface area (Å²) in [6.45, 7) is 9.80. The standard InChI is InChI=1S/C23H35ClN2O2/c1-5-17(4)22(25-21(27)11-6-16(2)3)23(28)26-14-12-19(13-15-26)18-7-9-20(24)10-8-18/h7-10,16-17,19,22H,5-6,11-15H2,1-4H3,(H,25,27). The summed E-state index contributed by atoms with van der Waals surface area (Å²) in [6, 6.07) is 7.61. The topological polar surface area (TPSA) is 49.4 Å². The Kier molecular flexibility index (Phi) is 8.81. The van der Waals surface area contributed by atoms with Gasteiger partial charge in [0.2, 0.25) is 11.8 Å². The fraction of sp³-hybridized carbons (Fsp3) is 0.652. The molecule has 1 aliphatic heterocycles. The van der Waals surface area contributed by atoms with E-state index in [1.54, 1.807) is 0 Å². The van der Waals surface area contributed by atoms with Gasteiger partial charge in [-0.25, -0.2) is 0 Å². The number of benzene rings is 1. The minimum Gasteiger partial charge on any atom is -0.344 e. The van der Waals surface area contributed by atoms with E-state index in [9.17, 15) is 9.59 Å². The Morgan fingerprint density at radius 2 is 1.75 bits per heavy atom. The van der Waals surface area contributed by atoms with Crippen LogP contribution < -0.4 is 5.32 Å².